The van der Waals surface area contributed by atoms with E-state index in [4.69, 9.17) is 14.2 Å². The molecule has 0 aromatic carbocycles. The number of hydrogen-bond donors (Lipinski definition) is 2. The highest BCUT2D eigenvalue weighted by Crippen LogP contribution is 2.62. The van der Waals surface area contributed by atoms with Crippen molar-refractivity contribution in [1.29, 1.82) is 0 Å². The summed E-state index contributed by atoms with van der Waals surface area (Å²) in [6.45, 7) is 1.19. The standard InChI is InChI=1S/C21H30O5/c1-24-20-8-7-19(23)16(18(20)12-21(20)25-9-10-26-21)6-5-13(22)11-17-14-3-2-4-15(14)17/h13-19,22-23H,2-4,7-12H2,1H3/t13-,14?,15?,16-,17?,18-,19-,20-/m1/s1. The largest absolute Gasteiger partial charge is 0.392 e. The molecule has 26 heavy (non-hydrogen) atoms. The van der Waals surface area contributed by atoms with Gasteiger partial charge in [0, 0.05) is 19.4 Å². The van der Waals surface area contributed by atoms with Crippen molar-refractivity contribution in [3.8, 4) is 11.8 Å². The van der Waals surface area contributed by atoms with E-state index in [0.29, 0.717) is 32.0 Å². The molecule has 2 unspecified atom stereocenters. The molecular formula is C21H30O5. The van der Waals surface area contributed by atoms with Gasteiger partial charge < -0.3 is 24.4 Å². The van der Waals surface area contributed by atoms with Crippen molar-refractivity contribution >= 4 is 0 Å². The van der Waals surface area contributed by atoms with E-state index in [9.17, 15) is 10.2 Å². The molecular weight excluding hydrogens is 332 g/mol. The van der Waals surface area contributed by atoms with Gasteiger partial charge in [-0.05, 0) is 49.9 Å². The van der Waals surface area contributed by atoms with E-state index in [1.165, 1.54) is 19.3 Å². The molecule has 4 saturated carbocycles. The Kier molecular flexibility index (Phi) is 4.15. The molecule has 5 rings (SSSR count). The zero-order chi connectivity index (χ0) is 17.9. The zero-order valence-corrected chi connectivity index (χ0v) is 15.5. The molecule has 7 atom stereocenters. The maximum atomic E-state index is 10.5. The second-order valence-electron chi connectivity index (χ2n) is 8.95. The zero-order valence-electron chi connectivity index (χ0n) is 15.5. The first kappa shape index (κ1) is 17.5. The summed E-state index contributed by atoms with van der Waals surface area (Å²) in [6, 6.07) is 0. The lowest BCUT2D eigenvalue weighted by molar-refractivity contribution is -0.381. The molecule has 0 amide bonds. The van der Waals surface area contributed by atoms with Crippen LogP contribution in [0, 0.1) is 41.4 Å². The highest BCUT2D eigenvalue weighted by Gasteiger charge is 2.73. The predicted molar refractivity (Wildman–Crippen MR) is 93.9 cm³/mol. The van der Waals surface area contributed by atoms with Gasteiger partial charge in [-0.25, -0.2) is 0 Å². The van der Waals surface area contributed by atoms with Crippen molar-refractivity contribution in [3.05, 3.63) is 0 Å². The summed E-state index contributed by atoms with van der Waals surface area (Å²) in [4.78, 5) is 0. The van der Waals surface area contributed by atoms with E-state index in [-0.39, 0.29) is 11.8 Å². The fraction of sp³-hybridized carbons (Fsp3) is 0.905. The van der Waals surface area contributed by atoms with Crippen LogP contribution in [0.1, 0.15) is 44.9 Å². The summed E-state index contributed by atoms with van der Waals surface area (Å²) in [5, 5.41) is 20.9. The Bertz CT molecular complexity index is 608. The van der Waals surface area contributed by atoms with Crippen LogP contribution in [0.15, 0.2) is 0 Å². The van der Waals surface area contributed by atoms with Gasteiger partial charge in [-0.3, -0.25) is 0 Å². The third kappa shape index (κ3) is 2.36. The second-order valence-corrected chi connectivity index (χ2v) is 8.95. The Labute approximate surface area is 155 Å². The summed E-state index contributed by atoms with van der Waals surface area (Å²) in [7, 11) is 1.71. The normalized spacial score (nSPS) is 48.9. The van der Waals surface area contributed by atoms with Gasteiger partial charge in [0.05, 0.1) is 25.2 Å². The average Bonchev–Trinajstić information content (AvgIpc) is 3.07. The molecule has 1 spiro atoms. The minimum atomic E-state index is -0.656. The molecule has 1 heterocycles. The summed E-state index contributed by atoms with van der Waals surface area (Å²) >= 11 is 0. The molecule has 144 valence electrons. The Hall–Kier alpha value is -0.640. The first-order valence-electron chi connectivity index (χ1n) is 10.3. The fourth-order valence-electron chi connectivity index (χ4n) is 6.63. The van der Waals surface area contributed by atoms with Crippen molar-refractivity contribution in [3.63, 3.8) is 0 Å². The van der Waals surface area contributed by atoms with Gasteiger partial charge in [0.15, 0.2) is 5.79 Å². The maximum absolute atomic E-state index is 10.5. The van der Waals surface area contributed by atoms with E-state index < -0.39 is 23.6 Å². The highest BCUT2D eigenvalue weighted by atomic mass is 16.8. The number of fused-ring (bicyclic) bond motifs is 3. The Morgan fingerprint density at radius 1 is 1.19 bits per heavy atom. The van der Waals surface area contributed by atoms with Crippen molar-refractivity contribution in [2.45, 2.75) is 68.5 Å². The van der Waals surface area contributed by atoms with E-state index in [2.05, 4.69) is 11.8 Å². The number of aliphatic hydroxyl groups is 2. The highest BCUT2D eigenvalue weighted by molar-refractivity contribution is 5.24. The lowest BCUT2D eigenvalue weighted by atomic mass is 9.52. The number of aliphatic hydroxyl groups excluding tert-OH is 2. The first-order valence-corrected chi connectivity index (χ1v) is 10.3. The molecule has 1 saturated heterocycles. The molecule has 5 aliphatic rings. The monoisotopic (exact) mass is 362 g/mol. The molecule has 4 aliphatic carbocycles. The Balaban J connectivity index is 1.28. The van der Waals surface area contributed by atoms with Crippen LogP contribution in [0.2, 0.25) is 0 Å². The summed E-state index contributed by atoms with van der Waals surface area (Å²) in [5.74, 6) is 7.90. The number of ether oxygens (including phenoxy) is 3. The van der Waals surface area contributed by atoms with Crippen molar-refractivity contribution in [1.82, 2.24) is 0 Å². The maximum Gasteiger partial charge on any atom is 0.198 e. The van der Waals surface area contributed by atoms with Crippen LogP contribution in [0.5, 0.6) is 0 Å². The van der Waals surface area contributed by atoms with Crippen LogP contribution in [0.25, 0.3) is 0 Å². The lowest BCUT2D eigenvalue weighted by Gasteiger charge is -2.63. The van der Waals surface area contributed by atoms with Gasteiger partial charge in [0.1, 0.15) is 11.7 Å². The molecule has 0 aromatic heterocycles. The van der Waals surface area contributed by atoms with Crippen molar-refractivity contribution in [2.24, 2.45) is 29.6 Å². The smallest absolute Gasteiger partial charge is 0.198 e. The van der Waals surface area contributed by atoms with Gasteiger partial charge in [-0.2, -0.15) is 0 Å². The molecule has 2 N–H and O–H groups in total. The molecule has 5 fully saturated rings. The van der Waals surface area contributed by atoms with E-state index in [1.54, 1.807) is 7.11 Å². The summed E-state index contributed by atoms with van der Waals surface area (Å²) in [6.07, 6.45) is 5.82. The number of hydrogen-bond acceptors (Lipinski definition) is 5. The quantitative estimate of drug-likeness (QED) is 0.748. The van der Waals surface area contributed by atoms with Crippen LogP contribution in [-0.4, -0.2) is 54.1 Å². The van der Waals surface area contributed by atoms with Crippen LogP contribution in [-0.2, 0) is 14.2 Å². The van der Waals surface area contributed by atoms with Crippen LogP contribution < -0.4 is 0 Å². The van der Waals surface area contributed by atoms with Gasteiger partial charge >= 0.3 is 0 Å². The lowest BCUT2D eigenvalue weighted by Crippen LogP contribution is -2.74. The third-order valence-corrected chi connectivity index (χ3v) is 8.01. The topological polar surface area (TPSA) is 68.2 Å². The third-order valence-electron chi connectivity index (χ3n) is 8.01. The van der Waals surface area contributed by atoms with Gasteiger partial charge in [0.25, 0.3) is 0 Å². The van der Waals surface area contributed by atoms with Gasteiger partial charge in [0.2, 0.25) is 0 Å². The first-order chi connectivity index (χ1) is 12.6. The molecule has 0 aromatic rings. The summed E-state index contributed by atoms with van der Waals surface area (Å²) < 4.78 is 17.8. The fourth-order valence-corrected chi connectivity index (χ4v) is 6.63. The molecule has 0 bridgehead atoms. The summed E-state index contributed by atoms with van der Waals surface area (Å²) in [5.41, 5.74) is -0.513. The molecule has 1 aliphatic heterocycles. The second kappa shape index (κ2) is 6.18. The van der Waals surface area contributed by atoms with Crippen molar-refractivity contribution < 1.29 is 24.4 Å². The van der Waals surface area contributed by atoms with Crippen molar-refractivity contribution in [2.75, 3.05) is 20.3 Å². The number of methoxy groups -OCH3 is 1. The van der Waals surface area contributed by atoms with Crippen LogP contribution in [0.4, 0.5) is 0 Å². The predicted octanol–water partition coefficient (Wildman–Crippen LogP) is 1.71. The number of rotatable bonds is 3. The molecule has 5 nitrogen and oxygen atoms in total. The Morgan fingerprint density at radius 3 is 2.62 bits per heavy atom. The average molecular weight is 362 g/mol. The molecule has 0 radical (unpaired) electrons. The van der Waals surface area contributed by atoms with Gasteiger partial charge in [-0.15, -0.1) is 0 Å². The Morgan fingerprint density at radius 2 is 1.92 bits per heavy atom. The van der Waals surface area contributed by atoms with E-state index >= 15 is 0 Å². The van der Waals surface area contributed by atoms with E-state index in [0.717, 1.165) is 24.7 Å². The molecule has 5 heteroatoms. The minimum Gasteiger partial charge on any atom is -0.392 e. The SMILES string of the molecule is CO[C@]12CC[C@@H](O)[C@H](C#C[C@@H](O)CC3C4CCCC43)[C@H]1CC21OCCO1. The minimum absolute atomic E-state index is 0.0920. The van der Waals surface area contributed by atoms with Gasteiger partial charge in [-0.1, -0.05) is 18.3 Å². The van der Waals surface area contributed by atoms with Crippen LogP contribution >= 0.6 is 0 Å². The van der Waals surface area contributed by atoms with E-state index in [1.807, 2.05) is 0 Å². The van der Waals surface area contributed by atoms with Crippen LogP contribution in [0.3, 0.4) is 0 Å².